The Morgan fingerprint density at radius 2 is 1.54 bits per heavy atom. The lowest BCUT2D eigenvalue weighted by atomic mass is 9.97. The van der Waals surface area contributed by atoms with Gasteiger partial charge in [0.25, 0.3) is 0 Å². The lowest BCUT2D eigenvalue weighted by molar-refractivity contribution is -0.143. The first-order chi connectivity index (χ1) is 11.0. The van der Waals surface area contributed by atoms with E-state index in [-0.39, 0.29) is 18.3 Å². The molecule has 2 nitrogen and oxygen atoms in total. The molecule has 0 spiro atoms. The molecule has 0 bridgehead atoms. The van der Waals surface area contributed by atoms with Crippen LogP contribution in [0.1, 0.15) is 11.1 Å². The molecule has 1 aromatic carbocycles. The molecule has 0 fully saturated rings. The second-order valence-corrected chi connectivity index (χ2v) is 5.68. The number of aliphatic hydroxyl groups excluding tert-OH is 1. The maximum atomic E-state index is 12.8. The molecule has 2 N–H and O–H groups in total. The Morgan fingerprint density at radius 3 is 2.04 bits per heavy atom. The van der Waals surface area contributed by atoms with Crippen molar-refractivity contribution < 1.29 is 31.4 Å². The highest BCUT2D eigenvalue weighted by Gasteiger charge is 2.37. The fourth-order valence-corrected chi connectivity index (χ4v) is 2.40. The van der Waals surface area contributed by atoms with Gasteiger partial charge >= 0.3 is 12.4 Å². The number of anilines is 1. The highest BCUT2D eigenvalue weighted by molar-refractivity contribution is 6.31. The number of alkyl halides is 6. The van der Waals surface area contributed by atoms with Crippen LogP contribution in [0.2, 0.25) is 0 Å². The van der Waals surface area contributed by atoms with E-state index in [2.05, 4.69) is 5.32 Å². The van der Waals surface area contributed by atoms with Crippen molar-refractivity contribution in [3.8, 4) is 0 Å². The van der Waals surface area contributed by atoms with Crippen molar-refractivity contribution in [2.75, 3.05) is 11.9 Å². The topological polar surface area (TPSA) is 32.3 Å². The summed E-state index contributed by atoms with van der Waals surface area (Å²) in [6.07, 6.45) is -6.44. The van der Waals surface area contributed by atoms with E-state index in [9.17, 15) is 31.4 Å². The van der Waals surface area contributed by atoms with Crippen molar-refractivity contribution in [3.63, 3.8) is 0 Å². The first-order valence-electron chi connectivity index (χ1n) is 6.74. The quantitative estimate of drug-likeness (QED) is 0.748. The van der Waals surface area contributed by atoms with Crippen LogP contribution in [0.4, 0.5) is 32.0 Å². The number of aliphatic hydroxyl groups is 1. The molecule has 1 aliphatic rings. The maximum Gasteiger partial charge on any atom is 0.416 e. The van der Waals surface area contributed by atoms with Crippen molar-refractivity contribution in [1.29, 1.82) is 0 Å². The van der Waals surface area contributed by atoms with E-state index in [0.717, 1.165) is 0 Å². The Morgan fingerprint density at radius 1 is 1.00 bits per heavy atom. The van der Waals surface area contributed by atoms with E-state index in [1.807, 2.05) is 0 Å². The van der Waals surface area contributed by atoms with Crippen LogP contribution in [0, 0.1) is 5.92 Å². The second-order valence-electron chi connectivity index (χ2n) is 5.24. The summed E-state index contributed by atoms with van der Waals surface area (Å²) in [5, 5.41) is 12.6. The van der Waals surface area contributed by atoms with Gasteiger partial charge in [0.15, 0.2) is 0 Å². The van der Waals surface area contributed by atoms with Gasteiger partial charge in [-0.3, -0.25) is 0 Å². The fraction of sp³-hybridized carbons (Fsp3) is 0.333. The van der Waals surface area contributed by atoms with Gasteiger partial charge in [-0.25, -0.2) is 0 Å². The zero-order valence-electron chi connectivity index (χ0n) is 11.9. The molecule has 1 aliphatic carbocycles. The Kier molecular flexibility index (Phi) is 5.19. The van der Waals surface area contributed by atoms with Crippen LogP contribution in [0.15, 0.2) is 41.5 Å². The van der Waals surface area contributed by atoms with Gasteiger partial charge in [0.05, 0.1) is 17.2 Å². The Bertz CT molecular complexity index is 633. The molecule has 24 heavy (non-hydrogen) atoms. The SMILES string of the molecule is OC1C=CC(Cl)=CC1CNc1cc(C(F)(F)F)cc(C(F)(F)F)c1. The summed E-state index contributed by atoms with van der Waals surface area (Å²) in [4.78, 5) is 0. The van der Waals surface area contributed by atoms with Crippen molar-refractivity contribution >= 4 is 17.3 Å². The predicted octanol–water partition coefficient (Wildman–Crippen LogP) is 4.81. The minimum absolute atomic E-state index is 0.0557. The summed E-state index contributed by atoms with van der Waals surface area (Å²) in [5.74, 6) is -0.577. The summed E-state index contributed by atoms with van der Waals surface area (Å²) >= 11 is 5.77. The summed E-state index contributed by atoms with van der Waals surface area (Å²) in [5.41, 5.74) is -3.15. The van der Waals surface area contributed by atoms with E-state index in [4.69, 9.17) is 11.6 Å². The van der Waals surface area contributed by atoms with Crippen LogP contribution < -0.4 is 5.32 Å². The Labute approximate surface area is 138 Å². The lowest BCUT2D eigenvalue weighted by Gasteiger charge is -2.22. The third-order valence-electron chi connectivity index (χ3n) is 3.39. The van der Waals surface area contributed by atoms with Crippen LogP contribution in [0.5, 0.6) is 0 Å². The minimum Gasteiger partial charge on any atom is -0.388 e. The molecule has 0 aromatic heterocycles. The summed E-state index contributed by atoms with van der Waals surface area (Å²) in [6, 6.07) is 1.23. The highest BCUT2D eigenvalue weighted by atomic mass is 35.5. The standard InChI is InChI=1S/C15H12ClF6NO/c16-11-1-2-13(24)8(3-11)7-23-12-5-9(14(17,18)19)4-10(6-12)15(20,21)22/h1-6,8,13,23-24H,7H2. The number of hydrogen-bond donors (Lipinski definition) is 2. The van der Waals surface area contributed by atoms with Crippen molar-refractivity contribution in [2.45, 2.75) is 18.5 Å². The van der Waals surface area contributed by atoms with Crippen molar-refractivity contribution in [3.05, 3.63) is 52.6 Å². The molecule has 9 heteroatoms. The Hall–Kier alpha value is -1.67. The monoisotopic (exact) mass is 371 g/mol. The van der Waals surface area contributed by atoms with Gasteiger partial charge in [0, 0.05) is 23.2 Å². The van der Waals surface area contributed by atoms with Crippen LogP contribution >= 0.6 is 11.6 Å². The number of rotatable bonds is 3. The van der Waals surface area contributed by atoms with Crippen LogP contribution in [0.3, 0.4) is 0 Å². The third kappa shape index (κ3) is 4.67. The van der Waals surface area contributed by atoms with Gasteiger partial charge < -0.3 is 10.4 Å². The third-order valence-corrected chi connectivity index (χ3v) is 3.65. The number of hydrogen-bond acceptors (Lipinski definition) is 2. The molecular formula is C15H12ClF6NO. The van der Waals surface area contributed by atoms with E-state index in [1.165, 1.54) is 18.2 Å². The molecule has 0 aliphatic heterocycles. The first kappa shape index (κ1) is 18.7. The first-order valence-corrected chi connectivity index (χ1v) is 7.11. The highest BCUT2D eigenvalue weighted by Crippen LogP contribution is 2.37. The van der Waals surface area contributed by atoms with E-state index in [1.54, 1.807) is 0 Å². The zero-order chi connectivity index (χ0) is 18.1. The summed E-state index contributed by atoms with van der Waals surface area (Å²) in [7, 11) is 0. The molecular weight excluding hydrogens is 360 g/mol. The molecule has 0 saturated heterocycles. The molecule has 0 saturated carbocycles. The number of benzene rings is 1. The van der Waals surface area contributed by atoms with Gasteiger partial charge in [-0.05, 0) is 24.3 Å². The van der Waals surface area contributed by atoms with E-state index in [0.29, 0.717) is 17.2 Å². The largest absolute Gasteiger partial charge is 0.416 e. The molecule has 0 amide bonds. The maximum absolute atomic E-state index is 12.8. The number of halogens is 7. The molecule has 2 rings (SSSR count). The normalized spacial score (nSPS) is 21.6. The smallest absolute Gasteiger partial charge is 0.388 e. The minimum atomic E-state index is -4.91. The summed E-state index contributed by atoms with van der Waals surface area (Å²) < 4.78 is 76.6. The zero-order valence-corrected chi connectivity index (χ0v) is 12.7. The van der Waals surface area contributed by atoms with Gasteiger partial charge in [0.1, 0.15) is 0 Å². The summed E-state index contributed by atoms with van der Waals surface area (Å²) in [6.45, 7) is -0.0830. The lowest BCUT2D eigenvalue weighted by Crippen LogP contribution is -2.26. The van der Waals surface area contributed by atoms with Gasteiger partial charge in [-0.1, -0.05) is 23.8 Å². The molecule has 0 heterocycles. The average Bonchev–Trinajstić information content (AvgIpc) is 2.46. The predicted molar refractivity (Wildman–Crippen MR) is 77.5 cm³/mol. The number of nitrogens with one attached hydrogen (secondary N) is 1. The van der Waals surface area contributed by atoms with E-state index < -0.39 is 35.5 Å². The number of allylic oxidation sites excluding steroid dienone is 2. The molecule has 2 unspecified atom stereocenters. The molecule has 0 radical (unpaired) electrons. The van der Waals surface area contributed by atoms with Gasteiger partial charge in [-0.15, -0.1) is 0 Å². The van der Waals surface area contributed by atoms with Crippen molar-refractivity contribution in [2.24, 2.45) is 5.92 Å². The van der Waals surface area contributed by atoms with Crippen LogP contribution in [-0.4, -0.2) is 17.8 Å². The van der Waals surface area contributed by atoms with Crippen LogP contribution in [0.25, 0.3) is 0 Å². The average molecular weight is 372 g/mol. The molecule has 1 aromatic rings. The molecule has 2 atom stereocenters. The van der Waals surface area contributed by atoms with Gasteiger partial charge in [0.2, 0.25) is 0 Å². The van der Waals surface area contributed by atoms with Crippen LogP contribution in [-0.2, 0) is 12.4 Å². The van der Waals surface area contributed by atoms with Crippen molar-refractivity contribution in [1.82, 2.24) is 0 Å². The molecule has 132 valence electrons. The second kappa shape index (κ2) is 6.68. The Balaban J connectivity index is 2.25. The van der Waals surface area contributed by atoms with E-state index >= 15 is 0 Å². The fourth-order valence-electron chi connectivity index (χ4n) is 2.16. The van der Waals surface area contributed by atoms with Gasteiger partial charge in [-0.2, -0.15) is 26.3 Å².